The van der Waals surface area contributed by atoms with Gasteiger partial charge in [-0.1, -0.05) is 11.6 Å². The summed E-state index contributed by atoms with van der Waals surface area (Å²) in [7, 11) is -3.71. The number of benzene rings is 1. The van der Waals surface area contributed by atoms with Crippen LogP contribution in [-0.2, 0) is 14.8 Å². The van der Waals surface area contributed by atoms with E-state index in [1.165, 1.54) is 10.4 Å². The van der Waals surface area contributed by atoms with Crippen molar-refractivity contribution in [2.45, 2.75) is 18.7 Å². The Morgan fingerprint density at radius 2 is 1.88 bits per heavy atom. The summed E-state index contributed by atoms with van der Waals surface area (Å²) in [6, 6.07) is 4.73. The van der Waals surface area contributed by atoms with Crippen LogP contribution in [0.15, 0.2) is 39.4 Å². The van der Waals surface area contributed by atoms with Gasteiger partial charge in [0, 0.05) is 32.3 Å². The van der Waals surface area contributed by atoms with Gasteiger partial charge >= 0.3 is 0 Å². The summed E-state index contributed by atoms with van der Waals surface area (Å²) in [6.07, 6.45) is 1.56. The minimum Gasteiger partial charge on any atom is -0.337 e. The predicted octanol–water partition coefficient (Wildman–Crippen LogP) is 1.02. The van der Waals surface area contributed by atoms with E-state index in [2.05, 4.69) is 14.9 Å². The Morgan fingerprint density at radius 1 is 1.17 bits per heavy atom. The maximum absolute atomic E-state index is 12.9. The second-order valence-corrected chi connectivity index (χ2v) is 7.75. The molecule has 8 nitrogen and oxygen atoms in total. The van der Waals surface area contributed by atoms with Crippen molar-refractivity contribution in [3.05, 3.63) is 29.8 Å². The Morgan fingerprint density at radius 3 is 2.54 bits per heavy atom. The number of nitrogens with zero attached hydrogens (tertiary/aromatic N) is 4. The highest BCUT2D eigenvalue weighted by atomic mass is 32.2. The van der Waals surface area contributed by atoms with Crippen molar-refractivity contribution >= 4 is 27.0 Å². The lowest BCUT2D eigenvalue weighted by atomic mass is 10.3. The molecule has 3 rings (SSSR count). The van der Waals surface area contributed by atoms with E-state index in [1.54, 1.807) is 23.1 Å². The number of carbonyl (C=O) groups excluding carboxylic acids is 1. The van der Waals surface area contributed by atoms with Crippen molar-refractivity contribution in [2.75, 3.05) is 26.2 Å². The van der Waals surface area contributed by atoms with Crippen molar-refractivity contribution in [1.29, 1.82) is 0 Å². The summed E-state index contributed by atoms with van der Waals surface area (Å²) < 4.78 is 31.7. The molecule has 9 heteroatoms. The molecule has 2 aromatic rings. The zero-order valence-electron chi connectivity index (χ0n) is 13.5. The number of carbonyl (C=O) groups is 1. The lowest BCUT2D eigenvalue weighted by molar-refractivity contribution is -0.127. The summed E-state index contributed by atoms with van der Waals surface area (Å²) in [5.74, 6) is -0.0881. The molecule has 1 aliphatic rings. The number of piperazine rings is 1. The van der Waals surface area contributed by atoms with E-state index in [0.717, 1.165) is 5.57 Å². The number of hydrogen-bond donors (Lipinski definition) is 0. The third-order valence-electron chi connectivity index (χ3n) is 3.83. The second kappa shape index (κ2) is 6.33. The summed E-state index contributed by atoms with van der Waals surface area (Å²) in [4.78, 5) is 13.8. The van der Waals surface area contributed by atoms with Crippen LogP contribution in [0.5, 0.6) is 0 Å². The average Bonchev–Trinajstić information content (AvgIpc) is 3.02. The largest absolute Gasteiger partial charge is 0.337 e. The SMILES string of the molecule is CC(C)=CC(=O)N1CCN(S(=O)(=O)c2cccc3nonc23)CC1. The molecular formula is C15H18N4O4S. The number of fused-ring (bicyclic) bond motifs is 1. The molecule has 128 valence electrons. The first-order chi connectivity index (χ1) is 11.4. The predicted molar refractivity (Wildman–Crippen MR) is 86.6 cm³/mol. The molecular weight excluding hydrogens is 332 g/mol. The maximum atomic E-state index is 12.9. The van der Waals surface area contributed by atoms with Crippen molar-refractivity contribution in [3.8, 4) is 0 Å². The van der Waals surface area contributed by atoms with Gasteiger partial charge in [-0.05, 0) is 36.3 Å². The van der Waals surface area contributed by atoms with Crippen LogP contribution in [-0.4, -0.2) is 60.0 Å². The first-order valence-corrected chi connectivity index (χ1v) is 8.99. The first-order valence-electron chi connectivity index (χ1n) is 7.55. The van der Waals surface area contributed by atoms with E-state index in [4.69, 9.17) is 0 Å². The van der Waals surface area contributed by atoms with Crippen LogP contribution in [0.4, 0.5) is 0 Å². The molecule has 0 radical (unpaired) electrons. The van der Waals surface area contributed by atoms with Crippen LogP contribution < -0.4 is 0 Å². The summed E-state index contributed by atoms with van der Waals surface area (Å²) in [5.41, 5.74) is 1.54. The summed E-state index contributed by atoms with van der Waals surface area (Å²) in [6.45, 7) is 4.90. The zero-order valence-corrected chi connectivity index (χ0v) is 14.3. The van der Waals surface area contributed by atoms with Crippen molar-refractivity contribution in [1.82, 2.24) is 19.5 Å². The molecule has 24 heavy (non-hydrogen) atoms. The fourth-order valence-corrected chi connectivity index (χ4v) is 4.17. The minimum absolute atomic E-state index is 0.0744. The van der Waals surface area contributed by atoms with Gasteiger partial charge in [0.15, 0.2) is 5.52 Å². The van der Waals surface area contributed by atoms with Gasteiger partial charge in [-0.15, -0.1) is 0 Å². The molecule has 0 spiro atoms. The minimum atomic E-state index is -3.71. The van der Waals surface area contributed by atoms with Crippen LogP contribution in [0.3, 0.4) is 0 Å². The average molecular weight is 350 g/mol. The number of aromatic nitrogens is 2. The standard InChI is InChI=1S/C15H18N4O4S/c1-11(2)10-14(20)18-6-8-19(9-7-18)24(21,22)13-5-3-4-12-15(13)17-23-16-12/h3-5,10H,6-9H2,1-2H3. The van der Waals surface area contributed by atoms with Gasteiger partial charge in [0.05, 0.1) is 0 Å². The highest BCUT2D eigenvalue weighted by Gasteiger charge is 2.31. The van der Waals surface area contributed by atoms with E-state index in [-0.39, 0.29) is 29.4 Å². The van der Waals surface area contributed by atoms with E-state index < -0.39 is 10.0 Å². The molecule has 0 unspecified atom stereocenters. The highest BCUT2D eigenvalue weighted by molar-refractivity contribution is 7.89. The van der Waals surface area contributed by atoms with Gasteiger partial charge in [-0.2, -0.15) is 4.31 Å². The Labute approximate surface area is 139 Å². The lowest BCUT2D eigenvalue weighted by Gasteiger charge is -2.33. The molecule has 1 amide bonds. The molecule has 1 aromatic carbocycles. The molecule has 0 aliphatic carbocycles. The zero-order chi connectivity index (χ0) is 17.3. The van der Waals surface area contributed by atoms with Crippen molar-refractivity contribution < 1.29 is 17.8 Å². The van der Waals surface area contributed by atoms with E-state index >= 15 is 0 Å². The topological polar surface area (TPSA) is 96.6 Å². The molecule has 2 heterocycles. The number of sulfonamides is 1. The molecule has 0 N–H and O–H groups in total. The number of amides is 1. The van der Waals surface area contributed by atoms with E-state index in [1.807, 2.05) is 13.8 Å². The highest BCUT2D eigenvalue weighted by Crippen LogP contribution is 2.24. The van der Waals surface area contributed by atoms with E-state index in [0.29, 0.717) is 18.6 Å². The Bertz CT molecular complexity index is 891. The molecule has 1 fully saturated rings. The smallest absolute Gasteiger partial charge is 0.246 e. The van der Waals surface area contributed by atoms with E-state index in [9.17, 15) is 13.2 Å². The van der Waals surface area contributed by atoms with Crippen LogP contribution in [0.2, 0.25) is 0 Å². The van der Waals surface area contributed by atoms with Crippen LogP contribution in [0.1, 0.15) is 13.8 Å². The normalized spacial score (nSPS) is 16.3. The third kappa shape index (κ3) is 3.04. The van der Waals surface area contributed by atoms with Gasteiger partial charge < -0.3 is 4.90 Å². The molecule has 1 saturated heterocycles. The summed E-state index contributed by atoms with van der Waals surface area (Å²) >= 11 is 0. The number of rotatable bonds is 3. The molecule has 0 atom stereocenters. The molecule has 0 bridgehead atoms. The number of hydrogen-bond acceptors (Lipinski definition) is 6. The van der Waals surface area contributed by atoms with Gasteiger partial charge in [0.25, 0.3) is 0 Å². The maximum Gasteiger partial charge on any atom is 0.246 e. The fraction of sp³-hybridized carbons (Fsp3) is 0.400. The second-order valence-electron chi connectivity index (χ2n) is 5.84. The van der Waals surface area contributed by atoms with Gasteiger partial charge in [-0.25, -0.2) is 13.0 Å². The first kappa shape index (κ1) is 16.6. The molecule has 0 saturated carbocycles. The molecule has 1 aliphatic heterocycles. The van der Waals surface area contributed by atoms with Crippen LogP contribution >= 0.6 is 0 Å². The van der Waals surface area contributed by atoms with Crippen molar-refractivity contribution in [2.24, 2.45) is 0 Å². The van der Waals surface area contributed by atoms with Crippen LogP contribution in [0.25, 0.3) is 11.0 Å². The van der Waals surface area contributed by atoms with Gasteiger partial charge in [0.2, 0.25) is 15.9 Å². The number of allylic oxidation sites excluding steroid dienone is 1. The molecule has 1 aromatic heterocycles. The quantitative estimate of drug-likeness (QED) is 0.767. The lowest BCUT2D eigenvalue weighted by Crippen LogP contribution is -2.50. The Balaban J connectivity index is 1.80. The van der Waals surface area contributed by atoms with Gasteiger partial charge in [-0.3, -0.25) is 4.79 Å². The summed E-state index contributed by atoms with van der Waals surface area (Å²) in [5, 5.41) is 7.36. The Kier molecular flexibility index (Phi) is 4.37. The third-order valence-corrected chi connectivity index (χ3v) is 5.76. The van der Waals surface area contributed by atoms with Gasteiger partial charge in [0.1, 0.15) is 10.4 Å². The fourth-order valence-electron chi connectivity index (χ4n) is 2.62. The Hall–Kier alpha value is -2.26. The van der Waals surface area contributed by atoms with Crippen LogP contribution in [0, 0.1) is 0 Å². The monoisotopic (exact) mass is 350 g/mol. The van der Waals surface area contributed by atoms with Crippen molar-refractivity contribution in [3.63, 3.8) is 0 Å².